The van der Waals surface area contributed by atoms with Gasteiger partial charge in [-0.05, 0) is 146 Å². The van der Waals surface area contributed by atoms with E-state index in [9.17, 15) is 29.1 Å². The summed E-state index contributed by atoms with van der Waals surface area (Å²) < 4.78 is 12.9. The van der Waals surface area contributed by atoms with Crippen LogP contribution in [0.5, 0.6) is 0 Å². The summed E-state index contributed by atoms with van der Waals surface area (Å²) >= 11 is 0. The van der Waals surface area contributed by atoms with Crippen molar-refractivity contribution in [3.05, 3.63) is 34.9 Å². The maximum absolute atomic E-state index is 13.8. The molecule has 4 aliphatic rings. The minimum atomic E-state index is -1.46. The molecule has 1 aromatic carbocycles. The molecule has 0 aromatic heterocycles. The van der Waals surface area contributed by atoms with Crippen molar-refractivity contribution in [1.29, 1.82) is 0 Å². The minimum Gasteiger partial charge on any atom is -0.404 e. The quantitative estimate of drug-likeness (QED) is 0.0469. The molecule has 354 valence electrons. The maximum Gasteiger partial charge on any atom is 0.481 e. The van der Waals surface area contributed by atoms with Crippen LogP contribution in [0, 0.1) is 24.2 Å². The lowest BCUT2D eigenvalue weighted by molar-refractivity contribution is -0.199. The van der Waals surface area contributed by atoms with Crippen LogP contribution in [-0.2, 0) is 34.9 Å². The van der Waals surface area contributed by atoms with E-state index >= 15 is 0 Å². The van der Waals surface area contributed by atoms with Crippen molar-refractivity contribution in [1.82, 2.24) is 26.6 Å². The summed E-state index contributed by atoms with van der Waals surface area (Å²) in [7, 11) is -0.644. The number of aliphatic hydroxyl groups is 1. The topological polar surface area (TPSA) is 236 Å². The van der Waals surface area contributed by atoms with Crippen LogP contribution in [0.15, 0.2) is 18.2 Å². The van der Waals surface area contributed by atoms with E-state index in [2.05, 4.69) is 54.3 Å². The van der Waals surface area contributed by atoms with E-state index in [1.54, 1.807) is 6.07 Å². The summed E-state index contributed by atoms with van der Waals surface area (Å²) in [6.07, 6.45) is 11.6. The zero-order valence-corrected chi connectivity index (χ0v) is 39.5. The van der Waals surface area contributed by atoms with Gasteiger partial charge in [0.05, 0.1) is 23.8 Å². The standard InChI is InChI=1S/C47H80BN7O8/c1-9-10-11-12-13-14-19-33-22-23-35(29(2)26-33)42(58)54-37(21-16-18-25-50)44(60)55-40(31(4)56)45(61)51-30(3)41(57)53-36(20-15-17-24-49)43(59)52-32(5)48-62-39-28-34-27-38(46(34,6)7)47(39,8)63-48/h22-23,26,30-32,34,36-40,56H,9-21,24-25,27-28,49-50H2,1-8H3,(H,51,61)(H,52,59)(H,53,57)(H,54,58)(H,55,60)/t30-,31+,32-,34-,36-,37-,38-,39+,40-,47-/m0/s1. The Morgan fingerprint density at radius 2 is 1.40 bits per heavy atom. The SMILES string of the molecule is CCCCCCCCc1ccc(C(=O)N[C@@H](CCCCN)C(=O)N[C@H](C(=O)N[C@@H](C)C(=O)N[C@@H](CCCCN)C(=O)N[C@@H](C)B2O[C@@H]3C[C@@H]4C[C@@H](C4(C)C)[C@]3(C)O2)[C@@H](C)O)c(C)c1. The number of unbranched alkanes of at least 4 members (excludes halogenated alkanes) is 7. The normalized spacial score (nSPS) is 23.8. The number of benzene rings is 1. The van der Waals surface area contributed by atoms with Crippen LogP contribution in [0.2, 0.25) is 0 Å². The third kappa shape index (κ3) is 13.7. The molecule has 0 unspecified atom stereocenters. The number of nitrogens with one attached hydrogen (secondary N) is 5. The molecule has 63 heavy (non-hydrogen) atoms. The summed E-state index contributed by atoms with van der Waals surface area (Å²) in [5.74, 6) is -2.50. The Labute approximate surface area is 377 Å². The van der Waals surface area contributed by atoms with Crippen LogP contribution in [0.4, 0.5) is 0 Å². The second kappa shape index (κ2) is 24.1. The summed E-state index contributed by atoms with van der Waals surface area (Å²) in [6, 6.07) is 1.17. The third-order valence-corrected chi connectivity index (χ3v) is 14.1. The van der Waals surface area contributed by atoms with Gasteiger partial charge in [0, 0.05) is 5.56 Å². The van der Waals surface area contributed by atoms with Crippen molar-refractivity contribution in [3.63, 3.8) is 0 Å². The van der Waals surface area contributed by atoms with Crippen molar-refractivity contribution >= 4 is 36.7 Å². The van der Waals surface area contributed by atoms with Crippen molar-refractivity contribution in [2.45, 2.75) is 200 Å². The van der Waals surface area contributed by atoms with Gasteiger partial charge in [-0.15, -0.1) is 0 Å². The Bertz CT molecular complexity index is 1700. The van der Waals surface area contributed by atoms with Gasteiger partial charge in [-0.1, -0.05) is 65.0 Å². The van der Waals surface area contributed by atoms with E-state index < -0.39 is 78.5 Å². The summed E-state index contributed by atoms with van der Waals surface area (Å²) in [5.41, 5.74) is 13.6. The molecule has 1 heterocycles. The van der Waals surface area contributed by atoms with E-state index in [0.717, 1.165) is 36.8 Å². The highest BCUT2D eigenvalue weighted by atomic mass is 16.7. The molecule has 1 aliphatic heterocycles. The number of nitrogens with two attached hydrogens (primary N) is 2. The largest absolute Gasteiger partial charge is 0.481 e. The first-order valence-electron chi connectivity index (χ1n) is 23.9. The molecule has 0 radical (unpaired) electrons. The molecule has 10 N–H and O–H groups in total. The molecule has 1 saturated heterocycles. The number of amides is 5. The first-order chi connectivity index (χ1) is 29.9. The van der Waals surface area contributed by atoms with E-state index in [0.29, 0.717) is 62.6 Å². The van der Waals surface area contributed by atoms with Crippen molar-refractivity contribution in [2.75, 3.05) is 13.1 Å². The molecule has 5 rings (SSSR count). The number of aliphatic hydroxyl groups excluding tert-OH is 1. The fraction of sp³-hybridized carbons (Fsp3) is 0.766. The predicted molar refractivity (Wildman–Crippen MR) is 246 cm³/mol. The van der Waals surface area contributed by atoms with Gasteiger partial charge in [-0.2, -0.15) is 0 Å². The summed E-state index contributed by atoms with van der Waals surface area (Å²) in [4.78, 5) is 68.2. The van der Waals surface area contributed by atoms with Crippen LogP contribution in [0.3, 0.4) is 0 Å². The second-order valence-electron chi connectivity index (χ2n) is 19.4. The third-order valence-electron chi connectivity index (χ3n) is 14.1. The molecule has 2 bridgehead atoms. The van der Waals surface area contributed by atoms with Crippen molar-refractivity contribution in [3.8, 4) is 0 Å². The van der Waals surface area contributed by atoms with Gasteiger partial charge in [-0.3, -0.25) is 24.0 Å². The Balaban J connectivity index is 1.34. The van der Waals surface area contributed by atoms with E-state index in [-0.39, 0.29) is 17.9 Å². The lowest BCUT2D eigenvalue weighted by Crippen LogP contribution is -2.65. The highest BCUT2D eigenvalue weighted by Gasteiger charge is 2.68. The predicted octanol–water partition coefficient (Wildman–Crippen LogP) is 3.88. The van der Waals surface area contributed by atoms with Gasteiger partial charge in [0.1, 0.15) is 24.2 Å². The molecule has 3 saturated carbocycles. The zero-order chi connectivity index (χ0) is 46.5. The zero-order valence-electron chi connectivity index (χ0n) is 39.5. The van der Waals surface area contributed by atoms with Gasteiger partial charge < -0.3 is 52.5 Å². The van der Waals surface area contributed by atoms with E-state index in [1.165, 1.54) is 46.0 Å². The van der Waals surface area contributed by atoms with Gasteiger partial charge in [0.25, 0.3) is 5.91 Å². The second-order valence-corrected chi connectivity index (χ2v) is 19.4. The Morgan fingerprint density at radius 1 is 0.778 bits per heavy atom. The molecular weight excluding hydrogens is 801 g/mol. The molecule has 3 aliphatic carbocycles. The van der Waals surface area contributed by atoms with Crippen molar-refractivity contribution in [2.24, 2.45) is 28.7 Å². The molecule has 16 heteroatoms. The van der Waals surface area contributed by atoms with Crippen LogP contribution < -0.4 is 38.1 Å². The molecule has 10 atom stereocenters. The number of carbonyl (C=O) groups excluding carboxylic acids is 5. The fourth-order valence-corrected chi connectivity index (χ4v) is 9.84. The number of hydrogen-bond donors (Lipinski definition) is 8. The monoisotopic (exact) mass is 882 g/mol. The van der Waals surface area contributed by atoms with E-state index in [4.69, 9.17) is 20.8 Å². The molecule has 15 nitrogen and oxygen atoms in total. The van der Waals surface area contributed by atoms with Crippen LogP contribution in [-0.4, -0.2) is 103 Å². The summed E-state index contributed by atoms with van der Waals surface area (Å²) in [5, 5.41) is 24.5. The van der Waals surface area contributed by atoms with Crippen LogP contribution in [0.1, 0.15) is 160 Å². The Hall–Kier alpha value is -3.57. The molecule has 0 spiro atoms. The highest BCUT2D eigenvalue weighted by molar-refractivity contribution is 6.47. The first-order valence-corrected chi connectivity index (χ1v) is 23.9. The molecule has 1 aromatic rings. The molecule has 5 amide bonds. The lowest BCUT2D eigenvalue weighted by Gasteiger charge is -2.64. The Morgan fingerprint density at radius 3 is 2.00 bits per heavy atom. The van der Waals surface area contributed by atoms with E-state index in [1.807, 2.05) is 26.0 Å². The number of carbonyl (C=O) groups is 5. The van der Waals surface area contributed by atoms with Crippen LogP contribution >= 0.6 is 0 Å². The molecular formula is C47H80BN7O8. The fourth-order valence-electron chi connectivity index (χ4n) is 9.84. The highest BCUT2D eigenvalue weighted by Crippen LogP contribution is 2.65. The van der Waals surface area contributed by atoms with Gasteiger partial charge in [0.15, 0.2) is 0 Å². The van der Waals surface area contributed by atoms with Gasteiger partial charge in [0.2, 0.25) is 23.6 Å². The van der Waals surface area contributed by atoms with Crippen LogP contribution in [0.25, 0.3) is 0 Å². The number of hydrogen-bond acceptors (Lipinski definition) is 10. The van der Waals surface area contributed by atoms with Gasteiger partial charge >= 0.3 is 7.12 Å². The van der Waals surface area contributed by atoms with Crippen molar-refractivity contribution < 1.29 is 38.4 Å². The summed E-state index contributed by atoms with van der Waals surface area (Å²) in [6.45, 7) is 16.2. The number of rotatable bonds is 27. The lowest BCUT2D eigenvalue weighted by atomic mass is 9.43. The average Bonchev–Trinajstić information content (AvgIpc) is 3.60. The first kappa shape index (κ1) is 52.1. The number of aryl methyl sites for hydroxylation is 2. The van der Waals surface area contributed by atoms with Gasteiger partial charge in [-0.25, -0.2) is 0 Å². The maximum atomic E-state index is 13.8. The average molecular weight is 882 g/mol. The smallest absolute Gasteiger partial charge is 0.404 e. The molecule has 4 fully saturated rings. The Kier molecular flexibility index (Phi) is 19.9. The minimum absolute atomic E-state index is 0.0502.